The third-order valence-corrected chi connectivity index (χ3v) is 5.30. The van der Waals surface area contributed by atoms with E-state index in [0.29, 0.717) is 19.3 Å². The predicted molar refractivity (Wildman–Crippen MR) is 71.9 cm³/mol. The molecule has 1 fully saturated rings. The van der Waals surface area contributed by atoms with Crippen LogP contribution in [0, 0.1) is 11.3 Å². The van der Waals surface area contributed by atoms with Gasteiger partial charge in [-0.05, 0) is 37.0 Å². The largest absolute Gasteiger partial charge is 0.325 e. The van der Waals surface area contributed by atoms with Gasteiger partial charge in [0, 0.05) is 12.6 Å². The normalized spacial score (nSPS) is 26.4. The monoisotopic (exact) mass is 296 g/mol. The first kappa shape index (κ1) is 16.2. The van der Waals surface area contributed by atoms with Crippen LogP contribution in [0.4, 0.5) is 0 Å². The van der Waals surface area contributed by atoms with Gasteiger partial charge in [-0.3, -0.25) is 9.36 Å². The van der Waals surface area contributed by atoms with Gasteiger partial charge in [0.15, 0.2) is 5.78 Å². The summed E-state index contributed by atoms with van der Waals surface area (Å²) in [6.45, 7) is 4.14. The highest BCUT2D eigenvalue weighted by Crippen LogP contribution is 2.43. The van der Waals surface area contributed by atoms with Gasteiger partial charge in [0.2, 0.25) is 0 Å². The standard InChI is InChI=1S/C12H22ClO4P/c1-12(2,6-3-7-18(15,16)17)9-4-5-10(13)11(14)8-9/h9-10H,3-8H2,1-2H3,(H2,15,16,17). The summed E-state index contributed by atoms with van der Waals surface area (Å²) < 4.78 is 10.8. The van der Waals surface area contributed by atoms with E-state index in [9.17, 15) is 9.36 Å². The first-order valence-corrected chi connectivity index (χ1v) is 8.56. The van der Waals surface area contributed by atoms with E-state index in [4.69, 9.17) is 21.4 Å². The molecule has 106 valence electrons. The molecule has 2 N–H and O–H groups in total. The van der Waals surface area contributed by atoms with Crippen molar-refractivity contribution in [1.82, 2.24) is 0 Å². The van der Waals surface area contributed by atoms with Gasteiger partial charge in [-0.1, -0.05) is 13.8 Å². The lowest BCUT2D eigenvalue weighted by molar-refractivity contribution is -0.122. The minimum atomic E-state index is -3.90. The van der Waals surface area contributed by atoms with Crippen molar-refractivity contribution < 1.29 is 19.1 Å². The maximum Gasteiger partial charge on any atom is 0.325 e. The molecule has 0 aromatic heterocycles. The molecule has 1 aliphatic rings. The molecular weight excluding hydrogens is 275 g/mol. The fraction of sp³-hybridized carbons (Fsp3) is 0.917. The molecule has 0 bridgehead atoms. The summed E-state index contributed by atoms with van der Waals surface area (Å²) in [7, 11) is -3.90. The zero-order chi connectivity index (χ0) is 14.0. The number of alkyl halides is 1. The number of carbonyl (C=O) groups excluding carboxylic acids is 1. The maximum absolute atomic E-state index is 11.6. The van der Waals surface area contributed by atoms with E-state index in [1.54, 1.807) is 0 Å². The van der Waals surface area contributed by atoms with Gasteiger partial charge in [0.1, 0.15) is 0 Å². The van der Waals surface area contributed by atoms with Crippen molar-refractivity contribution in [3.05, 3.63) is 0 Å². The Kier molecular flexibility index (Phi) is 5.43. The number of carbonyl (C=O) groups is 1. The Morgan fingerprint density at radius 1 is 1.39 bits per heavy atom. The summed E-state index contributed by atoms with van der Waals surface area (Å²) >= 11 is 5.89. The van der Waals surface area contributed by atoms with E-state index in [1.807, 2.05) is 0 Å². The number of ketones is 1. The Hall–Kier alpha value is 0.110. The molecular formula is C12H22ClO4P. The number of rotatable bonds is 5. The minimum absolute atomic E-state index is 0.0676. The molecule has 0 spiro atoms. The Morgan fingerprint density at radius 2 is 2.00 bits per heavy atom. The maximum atomic E-state index is 11.6. The van der Waals surface area contributed by atoms with Crippen molar-refractivity contribution in [2.24, 2.45) is 11.3 Å². The summed E-state index contributed by atoms with van der Waals surface area (Å²) in [5.74, 6) is 0.382. The molecule has 0 aliphatic heterocycles. The quantitative estimate of drug-likeness (QED) is 0.604. The van der Waals surface area contributed by atoms with Crippen molar-refractivity contribution in [2.45, 2.75) is 51.3 Å². The van der Waals surface area contributed by atoms with Gasteiger partial charge < -0.3 is 9.79 Å². The zero-order valence-corrected chi connectivity index (χ0v) is 12.6. The van der Waals surface area contributed by atoms with Crippen molar-refractivity contribution >= 4 is 25.0 Å². The van der Waals surface area contributed by atoms with Crippen LogP contribution in [0.25, 0.3) is 0 Å². The van der Waals surface area contributed by atoms with Gasteiger partial charge in [0.05, 0.1) is 5.38 Å². The highest BCUT2D eigenvalue weighted by molar-refractivity contribution is 7.51. The zero-order valence-electron chi connectivity index (χ0n) is 10.9. The Balaban J connectivity index is 2.48. The van der Waals surface area contributed by atoms with E-state index in [1.165, 1.54) is 0 Å². The molecule has 0 aromatic carbocycles. The fourth-order valence-electron chi connectivity index (χ4n) is 2.59. The lowest BCUT2D eigenvalue weighted by atomic mass is 9.68. The second-order valence-electron chi connectivity index (χ2n) is 5.89. The topological polar surface area (TPSA) is 74.6 Å². The summed E-state index contributed by atoms with van der Waals surface area (Å²) in [6, 6.07) is 0. The molecule has 0 radical (unpaired) electrons. The van der Waals surface area contributed by atoms with Crippen molar-refractivity contribution in [1.29, 1.82) is 0 Å². The molecule has 1 saturated carbocycles. The Bertz CT molecular complexity index is 350. The van der Waals surface area contributed by atoms with Gasteiger partial charge >= 0.3 is 7.60 Å². The molecule has 0 heterocycles. The van der Waals surface area contributed by atoms with E-state index in [-0.39, 0.29) is 28.7 Å². The van der Waals surface area contributed by atoms with E-state index < -0.39 is 7.60 Å². The van der Waals surface area contributed by atoms with Gasteiger partial charge in [-0.15, -0.1) is 11.6 Å². The van der Waals surface area contributed by atoms with Crippen molar-refractivity contribution in [2.75, 3.05) is 6.16 Å². The van der Waals surface area contributed by atoms with Crippen LogP contribution in [0.3, 0.4) is 0 Å². The van der Waals surface area contributed by atoms with Crippen LogP contribution in [-0.4, -0.2) is 27.1 Å². The second kappa shape index (κ2) is 6.04. The number of hydrogen-bond donors (Lipinski definition) is 2. The molecule has 0 amide bonds. The number of halogens is 1. The van der Waals surface area contributed by atoms with E-state index in [2.05, 4.69) is 13.8 Å². The summed E-state index contributed by atoms with van der Waals surface area (Å²) in [5.41, 5.74) is -0.0676. The van der Waals surface area contributed by atoms with E-state index >= 15 is 0 Å². The predicted octanol–water partition coefficient (Wildman–Crippen LogP) is 2.95. The van der Waals surface area contributed by atoms with Crippen LogP contribution in [0.1, 0.15) is 46.0 Å². The average molecular weight is 297 g/mol. The highest BCUT2D eigenvalue weighted by atomic mass is 35.5. The number of Topliss-reactive ketones (excluding diaryl/α,β-unsaturated/α-hetero) is 1. The SMILES string of the molecule is CC(C)(CCCP(=O)(O)O)C1CCC(Cl)C(=O)C1. The van der Waals surface area contributed by atoms with Crippen molar-refractivity contribution in [3.8, 4) is 0 Å². The third-order valence-electron chi connectivity index (χ3n) is 3.94. The van der Waals surface area contributed by atoms with Crippen LogP contribution >= 0.6 is 19.2 Å². The molecule has 18 heavy (non-hydrogen) atoms. The molecule has 1 aliphatic carbocycles. The lowest BCUT2D eigenvalue weighted by Crippen LogP contribution is -2.34. The molecule has 1 rings (SSSR count). The summed E-state index contributed by atoms with van der Waals surface area (Å²) in [4.78, 5) is 29.3. The highest BCUT2D eigenvalue weighted by Gasteiger charge is 2.36. The molecule has 2 unspecified atom stereocenters. The number of hydrogen-bond acceptors (Lipinski definition) is 2. The molecule has 0 aromatic rings. The average Bonchev–Trinajstić information content (AvgIpc) is 2.19. The van der Waals surface area contributed by atoms with Gasteiger partial charge in [-0.2, -0.15) is 0 Å². The van der Waals surface area contributed by atoms with Crippen LogP contribution in [0.5, 0.6) is 0 Å². The summed E-state index contributed by atoms with van der Waals surface area (Å²) in [6.07, 6.45) is 3.28. The fourth-order valence-corrected chi connectivity index (χ4v) is 3.38. The van der Waals surface area contributed by atoms with Crippen LogP contribution < -0.4 is 0 Å². The Labute approximate surface area is 113 Å². The molecule has 4 nitrogen and oxygen atoms in total. The van der Waals surface area contributed by atoms with Crippen LogP contribution in [-0.2, 0) is 9.36 Å². The summed E-state index contributed by atoms with van der Waals surface area (Å²) in [5, 5.41) is -0.341. The minimum Gasteiger partial charge on any atom is -0.324 e. The van der Waals surface area contributed by atoms with E-state index in [0.717, 1.165) is 12.8 Å². The van der Waals surface area contributed by atoms with Crippen LogP contribution in [0.2, 0.25) is 0 Å². The molecule has 2 atom stereocenters. The van der Waals surface area contributed by atoms with Crippen molar-refractivity contribution in [3.63, 3.8) is 0 Å². The van der Waals surface area contributed by atoms with Gasteiger partial charge in [-0.25, -0.2) is 0 Å². The molecule has 6 heteroatoms. The third kappa shape index (κ3) is 5.00. The Morgan fingerprint density at radius 3 is 2.50 bits per heavy atom. The second-order valence-corrected chi connectivity index (χ2v) is 8.20. The van der Waals surface area contributed by atoms with Crippen LogP contribution in [0.15, 0.2) is 0 Å². The lowest BCUT2D eigenvalue weighted by Gasteiger charge is -2.37. The first-order chi connectivity index (χ1) is 8.12. The first-order valence-electron chi connectivity index (χ1n) is 6.33. The smallest absolute Gasteiger partial charge is 0.324 e. The molecule has 0 saturated heterocycles. The van der Waals surface area contributed by atoms with Gasteiger partial charge in [0.25, 0.3) is 0 Å².